The van der Waals surface area contributed by atoms with Gasteiger partial charge in [-0.15, -0.1) is 0 Å². The van der Waals surface area contributed by atoms with Gasteiger partial charge in [0.05, 0.1) is 5.56 Å². The number of carbonyl (C=O) groups is 1. The normalized spacial score (nSPS) is 23.5. The van der Waals surface area contributed by atoms with Crippen LogP contribution in [0.4, 0.5) is 4.39 Å². The maximum Gasteiger partial charge on any atom is 0.310 e. The van der Waals surface area contributed by atoms with Crippen molar-refractivity contribution in [3.63, 3.8) is 0 Å². The van der Waals surface area contributed by atoms with E-state index in [0.717, 1.165) is 24.8 Å². The molecule has 33 heavy (non-hydrogen) atoms. The Labute approximate surface area is 195 Å². The average Bonchev–Trinajstić information content (AvgIpc) is 2.84. The van der Waals surface area contributed by atoms with E-state index in [1.54, 1.807) is 25.1 Å². The number of nitriles is 2. The lowest BCUT2D eigenvalue weighted by Crippen LogP contribution is -2.44. The van der Waals surface area contributed by atoms with Crippen molar-refractivity contribution in [2.75, 3.05) is 0 Å². The quantitative estimate of drug-likeness (QED) is 0.357. The van der Waals surface area contributed by atoms with Crippen LogP contribution in [0.5, 0.6) is 5.75 Å². The van der Waals surface area contributed by atoms with E-state index in [2.05, 4.69) is 6.92 Å². The Bertz CT molecular complexity index is 1150. The van der Waals surface area contributed by atoms with Crippen LogP contribution in [0.15, 0.2) is 30.3 Å². The van der Waals surface area contributed by atoms with Crippen molar-refractivity contribution < 1.29 is 13.9 Å². The molecule has 2 bridgehead atoms. The first kappa shape index (κ1) is 23.0. The van der Waals surface area contributed by atoms with Gasteiger partial charge >= 0.3 is 5.97 Å². The minimum absolute atomic E-state index is 0.0170. The van der Waals surface area contributed by atoms with Crippen LogP contribution in [-0.2, 0) is 10.2 Å². The van der Waals surface area contributed by atoms with Crippen molar-refractivity contribution in [2.24, 2.45) is 5.41 Å². The molecule has 3 aliphatic rings. The molecule has 0 aliphatic heterocycles. The van der Waals surface area contributed by atoms with E-state index in [4.69, 9.17) is 4.74 Å². The van der Waals surface area contributed by atoms with Crippen LogP contribution in [0, 0.1) is 33.9 Å². The molecule has 5 heteroatoms. The average molecular weight is 445 g/mol. The van der Waals surface area contributed by atoms with Crippen molar-refractivity contribution >= 4 is 5.97 Å². The number of carbonyl (C=O) groups excluding carboxylic acids is 1. The molecule has 0 saturated heterocycles. The molecular formula is C28H29FN2O2. The van der Waals surface area contributed by atoms with Gasteiger partial charge in [-0.25, -0.2) is 4.39 Å². The summed E-state index contributed by atoms with van der Waals surface area (Å²) in [5, 5.41) is 19.4. The zero-order valence-electron chi connectivity index (χ0n) is 19.3. The van der Waals surface area contributed by atoms with E-state index in [9.17, 15) is 15.3 Å². The molecule has 170 valence electrons. The van der Waals surface area contributed by atoms with Gasteiger partial charge in [-0.2, -0.15) is 10.5 Å². The van der Waals surface area contributed by atoms with E-state index < -0.39 is 11.8 Å². The van der Waals surface area contributed by atoms with Crippen LogP contribution in [0.2, 0.25) is 0 Å². The third-order valence-electron chi connectivity index (χ3n) is 7.96. The number of fused-ring (bicyclic) bond motifs is 3. The fourth-order valence-corrected chi connectivity index (χ4v) is 5.98. The number of hydrogen-bond acceptors (Lipinski definition) is 4. The van der Waals surface area contributed by atoms with Gasteiger partial charge in [-0.1, -0.05) is 32.4 Å². The molecule has 3 fully saturated rings. The molecule has 0 aromatic heterocycles. The zero-order valence-corrected chi connectivity index (χ0v) is 19.3. The second-order valence-electron chi connectivity index (χ2n) is 9.64. The SMILES string of the molecule is CCCC12CCC(c3ccc(-c4ccc(OC(=O)CC)c(C#N)c4C#N)c(F)c3)(CC1)CC2. The maximum atomic E-state index is 15.4. The van der Waals surface area contributed by atoms with Gasteiger partial charge in [-0.05, 0) is 79.5 Å². The summed E-state index contributed by atoms with van der Waals surface area (Å²) in [6.07, 6.45) is 9.61. The summed E-state index contributed by atoms with van der Waals surface area (Å²) in [4.78, 5) is 11.7. The molecule has 2 aromatic rings. The molecule has 0 amide bonds. The van der Waals surface area contributed by atoms with Crippen molar-refractivity contribution in [3.05, 3.63) is 52.8 Å². The van der Waals surface area contributed by atoms with E-state index in [0.29, 0.717) is 11.0 Å². The molecule has 0 radical (unpaired) electrons. The van der Waals surface area contributed by atoms with Crippen LogP contribution < -0.4 is 4.74 Å². The molecular weight excluding hydrogens is 415 g/mol. The van der Waals surface area contributed by atoms with E-state index in [1.165, 1.54) is 38.2 Å². The molecule has 0 N–H and O–H groups in total. The van der Waals surface area contributed by atoms with E-state index in [1.807, 2.05) is 18.2 Å². The van der Waals surface area contributed by atoms with E-state index in [-0.39, 0.29) is 34.3 Å². The Balaban J connectivity index is 1.68. The summed E-state index contributed by atoms with van der Waals surface area (Å²) in [6.45, 7) is 3.90. The zero-order chi connectivity index (χ0) is 23.6. The number of esters is 1. The Morgan fingerprint density at radius 1 is 0.970 bits per heavy atom. The summed E-state index contributed by atoms with van der Waals surface area (Å²) in [6, 6.07) is 12.3. The second-order valence-corrected chi connectivity index (χ2v) is 9.64. The number of halogens is 1. The number of nitrogens with zero attached hydrogens (tertiary/aromatic N) is 2. The standard InChI is InChI=1S/C28H29FN2O2/c1-3-9-27-10-13-28(14-11-27,15-12-27)19-5-6-21(24(29)16-19)20-7-8-25(33-26(32)4-2)23(18-31)22(20)17-30/h5-8,16H,3-4,9-15H2,1-2H3. The largest absolute Gasteiger partial charge is 0.425 e. The summed E-state index contributed by atoms with van der Waals surface area (Å²) >= 11 is 0. The minimum atomic E-state index is -0.499. The Hall–Kier alpha value is -3.18. The molecule has 3 aliphatic carbocycles. The van der Waals surface area contributed by atoms with Gasteiger partial charge in [0, 0.05) is 17.5 Å². The fourth-order valence-electron chi connectivity index (χ4n) is 5.98. The molecule has 4 nitrogen and oxygen atoms in total. The van der Waals surface area contributed by atoms with Crippen molar-refractivity contribution in [2.45, 2.75) is 77.0 Å². The van der Waals surface area contributed by atoms with Gasteiger partial charge < -0.3 is 4.74 Å². The number of hydrogen-bond donors (Lipinski definition) is 0. The highest BCUT2D eigenvalue weighted by molar-refractivity contribution is 5.79. The number of ether oxygens (including phenoxy) is 1. The van der Waals surface area contributed by atoms with Gasteiger partial charge in [0.25, 0.3) is 0 Å². The van der Waals surface area contributed by atoms with Gasteiger partial charge in [0.1, 0.15) is 29.3 Å². The highest BCUT2D eigenvalue weighted by atomic mass is 19.1. The summed E-state index contributed by atoms with van der Waals surface area (Å²) in [5.74, 6) is -0.863. The smallest absolute Gasteiger partial charge is 0.310 e. The molecule has 0 spiro atoms. The van der Waals surface area contributed by atoms with Crippen LogP contribution in [0.3, 0.4) is 0 Å². The van der Waals surface area contributed by atoms with Crippen LogP contribution in [0.25, 0.3) is 11.1 Å². The molecule has 0 unspecified atom stereocenters. The van der Waals surface area contributed by atoms with Gasteiger partial charge in [0.2, 0.25) is 0 Å². The third kappa shape index (κ3) is 4.02. The number of rotatable bonds is 6. The second kappa shape index (κ2) is 8.99. The predicted molar refractivity (Wildman–Crippen MR) is 124 cm³/mol. The number of benzene rings is 2. The summed E-state index contributed by atoms with van der Waals surface area (Å²) in [7, 11) is 0. The first-order chi connectivity index (χ1) is 15.9. The van der Waals surface area contributed by atoms with Crippen molar-refractivity contribution in [1.29, 1.82) is 10.5 Å². The van der Waals surface area contributed by atoms with Crippen LogP contribution in [0.1, 0.15) is 88.3 Å². The topological polar surface area (TPSA) is 73.9 Å². The van der Waals surface area contributed by atoms with E-state index >= 15 is 4.39 Å². The maximum absolute atomic E-state index is 15.4. The molecule has 5 rings (SSSR count). The summed E-state index contributed by atoms with van der Waals surface area (Å²) in [5.41, 5.74) is 2.16. The summed E-state index contributed by atoms with van der Waals surface area (Å²) < 4.78 is 20.6. The lowest BCUT2D eigenvalue weighted by Gasteiger charge is -2.54. The first-order valence-electron chi connectivity index (χ1n) is 11.9. The Morgan fingerprint density at radius 2 is 1.61 bits per heavy atom. The predicted octanol–water partition coefficient (Wildman–Crippen LogP) is 6.94. The van der Waals surface area contributed by atoms with Crippen LogP contribution >= 0.6 is 0 Å². The third-order valence-corrected chi connectivity index (χ3v) is 7.96. The minimum Gasteiger partial charge on any atom is -0.425 e. The molecule has 0 heterocycles. The molecule has 0 atom stereocenters. The fraction of sp³-hybridized carbons (Fsp3) is 0.464. The lowest BCUT2D eigenvalue weighted by molar-refractivity contribution is -0.134. The lowest BCUT2D eigenvalue weighted by atomic mass is 9.51. The van der Waals surface area contributed by atoms with Crippen molar-refractivity contribution in [1.82, 2.24) is 0 Å². The molecule has 3 saturated carbocycles. The molecule has 2 aromatic carbocycles. The Kier molecular flexibility index (Phi) is 6.26. The van der Waals surface area contributed by atoms with Crippen LogP contribution in [-0.4, -0.2) is 5.97 Å². The monoisotopic (exact) mass is 444 g/mol. The van der Waals surface area contributed by atoms with Gasteiger partial charge in [-0.3, -0.25) is 4.79 Å². The van der Waals surface area contributed by atoms with Gasteiger partial charge in [0.15, 0.2) is 0 Å². The highest BCUT2D eigenvalue weighted by Gasteiger charge is 2.48. The highest BCUT2D eigenvalue weighted by Crippen LogP contribution is 2.59. The Morgan fingerprint density at radius 3 is 2.15 bits per heavy atom. The first-order valence-corrected chi connectivity index (χ1v) is 11.9. The van der Waals surface area contributed by atoms with Crippen molar-refractivity contribution in [3.8, 4) is 29.0 Å².